The summed E-state index contributed by atoms with van der Waals surface area (Å²) in [5.41, 5.74) is -1.08. The first kappa shape index (κ1) is 15.9. The van der Waals surface area contributed by atoms with Crippen LogP contribution in [0, 0.1) is 11.3 Å². The molecule has 21 heavy (non-hydrogen) atoms. The van der Waals surface area contributed by atoms with Gasteiger partial charge in [-0.1, -0.05) is 40.9 Å². The first-order chi connectivity index (χ1) is 9.75. The maximum absolute atomic E-state index is 12.8. The van der Waals surface area contributed by atoms with Crippen molar-refractivity contribution in [1.82, 2.24) is 4.98 Å². The van der Waals surface area contributed by atoms with Crippen molar-refractivity contribution in [2.45, 2.75) is 6.18 Å². The van der Waals surface area contributed by atoms with Crippen molar-refractivity contribution in [2.75, 3.05) is 0 Å². The van der Waals surface area contributed by atoms with Crippen LogP contribution < -0.4 is 0 Å². The molecule has 1 aromatic carbocycles. The summed E-state index contributed by atoms with van der Waals surface area (Å²) in [5.74, 6) is 0. The summed E-state index contributed by atoms with van der Waals surface area (Å²) >= 11 is 17.6. The van der Waals surface area contributed by atoms with E-state index in [1.54, 1.807) is 6.07 Å². The molecular formula is C13H4Cl3F3N2. The fourth-order valence-corrected chi connectivity index (χ4v) is 2.29. The number of benzene rings is 1. The van der Waals surface area contributed by atoms with Gasteiger partial charge in [0.25, 0.3) is 0 Å². The molecule has 0 N–H and O–H groups in total. The van der Waals surface area contributed by atoms with E-state index in [2.05, 4.69) is 4.98 Å². The number of rotatable bonds is 1. The van der Waals surface area contributed by atoms with Crippen molar-refractivity contribution in [2.24, 2.45) is 0 Å². The summed E-state index contributed by atoms with van der Waals surface area (Å²) in [7, 11) is 0. The highest BCUT2D eigenvalue weighted by Gasteiger charge is 2.32. The van der Waals surface area contributed by atoms with Crippen LogP contribution in [0.1, 0.15) is 11.3 Å². The van der Waals surface area contributed by atoms with E-state index in [-0.39, 0.29) is 31.9 Å². The lowest BCUT2D eigenvalue weighted by molar-refractivity contribution is -0.137. The number of nitriles is 1. The van der Waals surface area contributed by atoms with Crippen molar-refractivity contribution >= 4 is 34.8 Å². The molecule has 0 aliphatic carbocycles. The third-order valence-corrected chi connectivity index (χ3v) is 3.94. The Hall–Kier alpha value is -1.48. The number of halogens is 6. The van der Waals surface area contributed by atoms with E-state index >= 15 is 0 Å². The molecule has 1 heterocycles. The van der Waals surface area contributed by atoms with Crippen LogP contribution in [0.25, 0.3) is 11.1 Å². The lowest BCUT2D eigenvalue weighted by Gasteiger charge is -2.12. The number of hydrogen-bond acceptors (Lipinski definition) is 2. The van der Waals surface area contributed by atoms with Gasteiger partial charge >= 0.3 is 6.18 Å². The monoisotopic (exact) mass is 350 g/mol. The number of pyridine rings is 1. The second-order valence-electron chi connectivity index (χ2n) is 3.95. The fraction of sp³-hybridized carbons (Fsp3) is 0.0769. The molecule has 0 atom stereocenters. The van der Waals surface area contributed by atoms with Crippen molar-refractivity contribution < 1.29 is 13.2 Å². The molecule has 0 bridgehead atoms. The first-order valence-electron chi connectivity index (χ1n) is 5.37. The van der Waals surface area contributed by atoms with E-state index in [1.165, 1.54) is 12.1 Å². The van der Waals surface area contributed by atoms with Gasteiger partial charge in [-0.05, 0) is 12.1 Å². The van der Waals surface area contributed by atoms with Crippen LogP contribution in [0.4, 0.5) is 13.2 Å². The van der Waals surface area contributed by atoms with Gasteiger partial charge in [0.1, 0.15) is 11.8 Å². The molecule has 2 aromatic rings. The highest BCUT2D eigenvalue weighted by atomic mass is 35.5. The minimum atomic E-state index is -4.58. The van der Waals surface area contributed by atoms with Gasteiger partial charge in [-0.25, -0.2) is 4.98 Å². The van der Waals surface area contributed by atoms with Gasteiger partial charge in [-0.2, -0.15) is 18.4 Å². The van der Waals surface area contributed by atoms with Crippen LogP contribution in [0.2, 0.25) is 15.1 Å². The molecular weight excluding hydrogens is 348 g/mol. The van der Waals surface area contributed by atoms with Gasteiger partial charge in [-0.3, -0.25) is 0 Å². The molecule has 8 heteroatoms. The molecule has 108 valence electrons. The largest absolute Gasteiger partial charge is 0.417 e. The van der Waals surface area contributed by atoms with Crippen molar-refractivity contribution in [3.8, 4) is 17.2 Å². The quantitative estimate of drug-likeness (QED) is 0.627. The van der Waals surface area contributed by atoms with Gasteiger partial charge in [0.05, 0.1) is 20.6 Å². The number of hydrogen-bond donors (Lipinski definition) is 0. The Balaban J connectivity index is 2.74. The molecule has 0 saturated heterocycles. The standard InChI is InChI=1S/C13H4Cl3F3N2/c14-9-2-1-7(11(15)12(9)16)8-3-6(13(17,18)19)5-21-10(8)4-20/h1-3,5H. The van der Waals surface area contributed by atoms with Crippen molar-refractivity contribution in [3.05, 3.63) is 50.7 Å². The number of aromatic nitrogens is 1. The second kappa shape index (κ2) is 5.72. The number of nitrogens with zero attached hydrogens (tertiary/aromatic N) is 2. The molecule has 0 radical (unpaired) electrons. The Bertz CT molecular complexity index is 752. The molecule has 0 saturated carbocycles. The Kier molecular flexibility index (Phi) is 4.33. The van der Waals surface area contributed by atoms with E-state index in [4.69, 9.17) is 40.1 Å². The Labute approximate surface area is 132 Å². The maximum atomic E-state index is 12.8. The number of alkyl halides is 3. The molecule has 0 amide bonds. The van der Waals surface area contributed by atoms with E-state index in [9.17, 15) is 13.2 Å². The zero-order chi connectivity index (χ0) is 15.8. The summed E-state index contributed by atoms with van der Waals surface area (Å²) in [6, 6.07) is 5.29. The molecule has 0 fully saturated rings. The molecule has 2 nitrogen and oxygen atoms in total. The predicted octanol–water partition coefficient (Wildman–Crippen LogP) is 5.60. The minimum Gasteiger partial charge on any atom is -0.244 e. The topological polar surface area (TPSA) is 36.7 Å². The molecule has 0 spiro atoms. The van der Waals surface area contributed by atoms with E-state index < -0.39 is 11.7 Å². The molecule has 1 aromatic heterocycles. The van der Waals surface area contributed by atoms with Crippen molar-refractivity contribution in [3.63, 3.8) is 0 Å². The van der Waals surface area contributed by atoms with E-state index in [0.29, 0.717) is 6.20 Å². The van der Waals surface area contributed by atoms with Crippen LogP contribution in [0.5, 0.6) is 0 Å². The Morgan fingerprint density at radius 1 is 1.05 bits per heavy atom. The zero-order valence-corrected chi connectivity index (χ0v) is 12.2. The van der Waals surface area contributed by atoms with Gasteiger partial charge in [-0.15, -0.1) is 0 Å². The van der Waals surface area contributed by atoms with Gasteiger partial charge in [0.2, 0.25) is 0 Å². The summed E-state index contributed by atoms with van der Waals surface area (Å²) in [6.45, 7) is 0. The van der Waals surface area contributed by atoms with Crippen LogP contribution in [0.3, 0.4) is 0 Å². The summed E-state index contributed by atoms with van der Waals surface area (Å²) in [5, 5.41) is 9.11. The lowest BCUT2D eigenvalue weighted by atomic mass is 10.0. The molecule has 2 rings (SSSR count). The average Bonchev–Trinajstić information content (AvgIpc) is 2.43. The van der Waals surface area contributed by atoms with Crippen LogP contribution in [-0.2, 0) is 6.18 Å². The van der Waals surface area contributed by atoms with Gasteiger partial charge < -0.3 is 0 Å². The third kappa shape index (κ3) is 3.08. The van der Waals surface area contributed by atoms with E-state index in [0.717, 1.165) is 6.07 Å². The van der Waals surface area contributed by atoms with E-state index in [1.807, 2.05) is 0 Å². The van der Waals surface area contributed by atoms with Gasteiger partial charge in [0, 0.05) is 17.3 Å². The SMILES string of the molecule is N#Cc1ncc(C(F)(F)F)cc1-c1ccc(Cl)c(Cl)c1Cl. The van der Waals surface area contributed by atoms with Crippen LogP contribution in [-0.4, -0.2) is 4.98 Å². The summed E-state index contributed by atoms with van der Waals surface area (Å²) < 4.78 is 38.3. The summed E-state index contributed by atoms with van der Waals surface area (Å²) in [6.07, 6.45) is -3.99. The maximum Gasteiger partial charge on any atom is 0.417 e. The van der Waals surface area contributed by atoms with Gasteiger partial charge in [0.15, 0.2) is 0 Å². The van der Waals surface area contributed by atoms with Crippen LogP contribution in [0.15, 0.2) is 24.4 Å². The predicted molar refractivity (Wildman–Crippen MR) is 74.4 cm³/mol. The fourth-order valence-electron chi connectivity index (χ4n) is 1.65. The second-order valence-corrected chi connectivity index (χ2v) is 5.12. The Morgan fingerprint density at radius 3 is 2.29 bits per heavy atom. The average molecular weight is 352 g/mol. The van der Waals surface area contributed by atoms with Crippen LogP contribution >= 0.6 is 34.8 Å². The normalized spacial score (nSPS) is 11.3. The first-order valence-corrected chi connectivity index (χ1v) is 6.50. The highest BCUT2D eigenvalue weighted by Crippen LogP contribution is 2.40. The smallest absolute Gasteiger partial charge is 0.244 e. The molecule has 0 unspecified atom stereocenters. The third-order valence-electron chi connectivity index (χ3n) is 2.65. The molecule has 0 aliphatic heterocycles. The minimum absolute atomic E-state index is 0.00265. The Morgan fingerprint density at radius 2 is 1.71 bits per heavy atom. The zero-order valence-electron chi connectivity index (χ0n) is 9.97. The molecule has 0 aliphatic rings. The lowest BCUT2D eigenvalue weighted by Crippen LogP contribution is -2.07. The highest BCUT2D eigenvalue weighted by molar-refractivity contribution is 6.49. The van der Waals surface area contributed by atoms with Crippen molar-refractivity contribution in [1.29, 1.82) is 5.26 Å². The summed E-state index contributed by atoms with van der Waals surface area (Å²) in [4.78, 5) is 3.52.